The molecule has 0 unspecified atom stereocenters. The maximum absolute atomic E-state index is 11.2. The summed E-state index contributed by atoms with van der Waals surface area (Å²) in [5.74, 6) is -0.243. The van der Waals surface area contributed by atoms with Gasteiger partial charge in [0.25, 0.3) is 0 Å². The van der Waals surface area contributed by atoms with Crippen molar-refractivity contribution in [3.63, 3.8) is 0 Å². The molecular weight excluding hydrogens is 295 g/mol. The van der Waals surface area contributed by atoms with Gasteiger partial charge in [-0.3, -0.25) is 4.79 Å². The van der Waals surface area contributed by atoms with Gasteiger partial charge >= 0.3 is 5.97 Å². The molecule has 86 valence electrons. The van der Waals surface area contributed by atoms with Gasteiger partial charge in [0, 0.05) is 5.02 Å². The molecular formula is C11H10BrClO3. The van der Waals surface area contributed by atoms with Crippen molar-refractivity contribution < 1.29 is 14.6 Å². The number of hydrogen-bond donors (Lipinski definition) is 1. The molecule has 1 aliphatic carbocycles. The van der Waals surface area contributed by atoms with E-state index in [1.165, 1.54) is 7.11 Å². The number of aliphatic carboxylic acids is 1. The van der Waals surface area contributed by atoms with Crippen LogP contribution >= 0.6 is 27.5 Å². The molecule has 1 aliphatic rings. The maximum atomic E-state index is 11.2. The fourth-order valence-electron chi connectivity index (χ4n) is 1.78. The van der Waals surface area contributed by atoms with Gasteiger partial charge in [0.05, 0.1) is 17.0 Å². The van der Waals surface area contributed by atoms with Gasteiger partial charge in [-0.25, -0.2) is 0 Å². The van der Waals surface area contributed by atoms with Crippen LogP contribution in [-0.4, -0.2) is 18.2 Å². The van der Waals surface area contributed by atoms with Crippen molar-refractivity contribution in [3.05, 3.63) is 27.2 Å². The van der Waals surface area contributed by atoms with Crippen LogP contribution in [0.5, 0.6) is 5.75 Å². The Bertz CT molecular complexity index is 455. The zero-order valence-corrected chi connectivity index (χ0v) is 10.9. The van der Waals surface area contributed by atoms with E-state index in [4.69, 9.17) is 16.3 Å². The number of ether oxygens (including phenoxy) is 1. The first-order chi connectivity index (χ1) is 7.51. The van der Waals surface area contributed by atoms with Gasteiger partial charge in [-0.05, 0) is 46.5 Å². The number of rotatable bonds is 3. The highest BCUT2D eigenvalue weighted by atomic mass is 79.9. The molecule has 5 heteroatoms. The van der Waals surface area contributed by atoms with Crippen LogP contribution in [0, 0.1) is 0 Å². The first-order valence-corrected chi connectivity index (χ1v) is 5.95. The average Bonchev–Trinajstić information content (AvgIpc) is 3.02. The number of carboxylic acid groups (broad SMARTS) is 1. The summed E-state index contributed by atoms with van der Waals surface area (Å²) in [5.41, 5.74) is -0.0823. The molecule has 0 heterocycles. The van der Waals surface area contributed by atoms with Crippen molar-refractivity contribution in [1.29, 1.82) is 0 Å². The highest BCUT2D eigenvalue weighted by Gasteiger charge is 2.53. The summed E-state index contributed by atoms with van der Waals surface area (Å²) in [5, 5.41) is 9.72. The lowest BCUT2D eigenvalue weighted by Crippen LogP contribution is -2.20. The monoisotopic (exact) mass is 304 g/mol. The minimum atomic E-state index is -0.808. The van der Waals surface area contributed by atoms with Gasteiger partial charge in [0.1, 0.15) is 5.75 Å². The Balaban J connectivity index is 2.57. The maximum Gasteiger partial charge on any atom is 0.314 e. The van der Waals surface area contributed by atoms with Gasteiger partial charge in [-0.1, -0.05) is 11.6 Å². The lowest BCUT2D eigenvalue weighted by atomic mass is 9.96. The van der Waals surface area contributed by atoms with Crippen molar-refractivity contribution in [2.24, 2.45) is 0 Å². The molecule has 16 heavy (non-hydrogen) atoms. The third kappa shape index (κ3) is 1.70. The van der Waals surface area contributed by atoms with Crippen LogP contribution in [0.15, 0.2) is 16.6 Å². The molecule has 0 aliphatic heterocycles. The van der Waals surface area contributed by atoms with Gasteiger partial charge < -0.3 is 9.84 Å². The molecule has 0 aromatic heterocycles. The van der Waals surface area contributed by atoms with E-state index in [-0.39, 0.29) is 0 Å². The third-order valence-electron chi connectivity index (χ3n) is 2.90. The molecule has 2 rings (SSSR count). The normalized spacial score (nSPS) is 16.9. The molecule has 0 radical (unpaired) electrons. The summed E-state index contributed by atoms with van der Waals surface area (Å²) in [6.45, 7) is 0. The molecule has 1 saturated carbocycles. The molecule has 0 atom stereocenters. The van der Waals surface area contributed by atoms with E-state index in [1.807, 2.05) is 0 Å². The Kier molecular flexibility index (Phi) is 2.88. The van der Waals surface area contributed by atoms with Crippen LogP contribution in [0.1, 0.15) is 18.4 Å². The lowest BCUT2D eigenvalue weighted by Gasteiger charge is -2.15. The fourth-order valence-corrected chi connectivity index (χ4v) is 2.76. The molecule has 1 aromatic rings. The standard InChI is InChI=1S/C11H10BrClO3/c1-16-8-5-6(13)4-7(9(8)12)11(2-3-11)10(14)15/h4-5H,2-3H2,1H3,(H,14,15). The summed E-state index contributed by atoms with van der Waals surface area (Å²) >= 11 is 9.32. The highest BCUT2D eigenvalue weighted by molar-refractivity contribution is 9.10. The Morgan fingerprint density at radius 2 is 2.19 bits per heavy atom. The van der Waals surface area contributed by atoms with Crippen LogP contribution in [-0.2, 0) is 10.2 Å². The molecule has 0 bridgehead atoms. The van der Waals surface area contributed by atoms with Gasteiger partial charge in [0.15, 0.2) is 0 Å². The van der Waals surface area contributed by atoms with Crippen LogP contribution in [0.4, 0.5) is 0 Å². The topological polar surface area (TPSA) is 46.5 Å². The SMILES string of the molecule is COc1cc(Cl)cc(C2(C(=O)O)CC2)c1Br. The Morgan fingerprint density at radius 1 is 1.56 bits per heavy atom. The van der Waals surface area contributed by atoms with Gasteiger partial charge in [-0.15, -0.1) is 0 Å². The molecule has 1 aromatic carbocycles. The summed E-state index contributed by atoms with van der Waals surface area (Å²) in [7, 11) is 1.53. The van der Waals surface area contributed by atoms with E-state index in [2.05, 4.69) is 15.9 Å². The zero-order valence-electron chi connectivity index (χ0n) is 8.59. The molecule has 0 amide bonds. The fraction of sp³-hybridized carbons (Fsp3) is 0.364. The van der Waals surface area contributed by atoms with E-state index < -0.39 is 11.4 Å². The van der Waals surface area contributed by atoms with E-state index in [0.717, 1.165) is 0 Å². The number of halogens is 2. The zero-order chi connectivity index (χ0) is 11.9. The molecule has 0 spiro atoms. The second kappa shape index (κ2) is 3.93. The molecule has 1 N–H and O–H groups in total. The number of methoxy groups -OCH3 is 1. The van der Waals surface area contributed by atoms with Crippen molar-refractivity contribution in [2.75, 3.05) is 7.11 Å². The van der Waals surface area contributed by atoms with Gasteiger partial charge in [0.2, 0.25) is 0 Å². The second-order valence-corrected chi connectivity index (χ2v) is 5.09. The van der Waals surface area contributed by atoms with Gasteiger partial charge in [-0.2, -0.15) is 0 Å². The predicted octanol–water partition coefficient (Wildman–Crippen LogP) is 3.23. The number of benzene rings is 1. The molecule has 1 fully saturated rings. The second-order valence-electron chi connectivity index (χ2n) is 3.86. The first kappa shape index (κ1) is 11.7. The van der Waals surface area contributed by atoms with Crippen LogP contribution in [0.25, 0.3) is 0 Å². The summed E-state index contributed by atoms with van der Waals surface area (Å²) < 4.78 is 5.82. The molecule has 0 saturated heterocycles. The first-order valence-electron chi connectivity index (χ1n) is 4.78. The van der Waals surface area contributed by atoms with E-state index in [9.17, 15) is 9.90 Å². The smallest absolute Gasteiger partial charge is 0.314 e. The summed E-state index contributed by atoms with van der Waals surface area (Å²) in [4.78, 5) is 11.2. The van der Waals surface area contributed by atoms with Crippen LogP contribution in [0.2, 0.25) is 5.02 Å². The minimum Gasteiger partial charge on any atom is -0.496 e. The predicted molar refractivity (Wildman–Crippen MR) is 64.3 cm³/mol. The summed E-state index contributed by atoms with van der Waals surface area (Å²) in [6.07, 6.45) is 1.29. The third-order valence-corrected chi connectivity index (χ3v) is 3.94. The highest BCUT2D eigenvalue weighted by Crippen LogP contribution is 2.53. The van der Waals surface area contributed by atoms with Crippen LogP contribution in [0.3, 0.4) is 0 Å². The van der Waals surface area contributed by atoms with Crippen LogP contribution < -0.4 is 4.74 Å². The van der Waals surface area contributed by atoms with Crippen molar-refractivity contribution in [1.82, 2.24) is 0 Å². The minimum absolute atomic E-state index is 0.488. The number of carbonyl (C=O) groups is 1. The Labute approximate surface area is 106 Å². The number of hydrogen-bond acceptors (Lipinski definition) is 2. The Morgan fingerprint density at radius 3 is 2.62 bits per heavy atom. The quantitative estimate of drug-likeness (QED) is 0.932. The van der Waals surface area contributed by atoms with Crippen molar-refractivity contribution >= 4 is 33.5 Å². The molecule has 3 nitrogen and oxygen atoms in total. The Hall–Kier alpha value is -0.740. The van der Waals surface area contributed by atoms with E-state index in [0.29, 0.717) is 33.6 Å². The van der Waals surface area contributed by atoms with Crippen molar-refractivity contribution in [2.45, 2.75) is 18.3 Å². The van der Waals surface area contributed by atoms with E-state index in [1.54, 1.807) is 12.1 Å². The average molecular weight is 306 g/mol. The summed E-state index contributed by atoms with van der Waals surface area (Å²) in [6, 6.07) is 3.35. The van der Waals surface area contributed by atoms with Crippen molar-refractivity contribution in [3.8, 4) is 5.75 Å². The van der Waals surface area contributed by atoms with E-state index >= 15 is 0 Å². The lowest BCUT2D eigenvalue weighted by molar-refractivity contribution is -0.140. The number of carboxylic acids is 1. The largest absolute Gasteiger partial charge is 0.496 e.